The molecule has 2 atom stereocenters. The number of sulfonamides is 1. The fourth-order valence-electron chi connectivity index (χ4n) is 3.30. The van der Waals surface area contributed by atoms with Gasteiger partial charge in [0.2, 0.25) is 10.0 Å². The summed E-state index contributed by atoms with van der Waals surface area (Å²) in [5, 5.41) is 2.78. The van der Waals surface area contributed by atoms with Gasteiger partial charge in [0.05, 0.1) is 25.0 Å². The highest BCUT2D eigenvalue weighted by Gasteiger charge is 2.35. The Morgan fingerprint density at radius 3 is 2.66 bits per heavy atom. The van der Waals surface area contributed by atoms with Gasteiger partial charge in [0.15, 0.2) is 17.6 Å². The lowest BCUT2D eigenvalue weighted by atomic mass is 10.1. The SMILES string of the molecule is Cc1ccc2c(c1)O[C@H](C(=O)NC[C@@H]1COc3ccccc3O1)CN2S(C)(=O)=O. The van der Waals surface area contributed by atoms with E-state index in [1.165, 1.54) is 4.31 Å². The van der Waals surface area contributed by atoms with E-state index in [-0.39, 0.29) is 19.2 Å². The molecule has 0 aromatic heterocycles. The van der Waals surface area contributed by atoms with Gasteiger partial charge in [-0.05, 0) is 36.8 Å². The van der Waals surface area contributed by atoms with Crippen LogP contribution < -0.4 is 23.8 Å². The first-order chi connectivity index (χ1) is 13.8. The molecular weight excluding hydrogens is 396 g/mol. The number of para-hydroxylation sites is 2. The summed E-state index contributed by atoms with van der Waals surface area (Å²) in [5.74, 6) is 1.25. The summed E-state index contributed by atoms with van der Waals surface area (Å²) in [5.41, 5.74) is 1.34. The molecule has 2 aliphatic heterocycles. The number of aryl methyl sites for hydroxylation is 1. The number of carbonyl (C=O) groups excluding carboxylic acids is 1. The Morgan fingerprint density at radius 2 is 1.90 bits per heavy atom. The van der Waals surface area contributed by atoms with Gasteiger partial charge >= 0.3 is 0 Å². The monoisotopic (exact) mass is 418 g/mol. The number of carbonyl (C=O) groups is 1. The highest BCUT2D eigenvalue weighted by atomic mass is 32.2. The van der Waals surface area contributed by atoms with Crippen molar-refractivity contribution in [1.82, 2.24) is 5.32 Å². The predicted octanol–water partition coefficient (Wildman–Crippen LogP) is 1.48. The number of amides is 1. The molecule has 1 amide bonds. The molecule has 154 valence electrons. The van der Waals surface area contributed by atoms with Crippen molar-refractivity contribution in [2.45, 2.75) is 19.1 Å². The van der Waals surface area contributed by atoms with Crippen LogP contribution in [-0.2, 0) is 14.8 Å². The molecule has 0 aliphatic carbocycles. The van der Waals surface area contributed by atoms with Crippen molar-refractivity contribution in [1.29, 1.82) is 0 Å². The third-order valence-corrected chi connectivity index (χ3v) is 5.90. The van der Waals surface area contributed by atoms with Crippen LogP contribution in [0.4, 0.5) is 5.69 Å². The summed E-state index contributed by atoms with van der Waals surface area (Å²) in [7, 11) is -3.56. The van der Waals surface area contributed by atoms with Crippen LogP contribution in [-0.4, -0.2) is 52.5 Å². The highest BCUT2D eigenvalue weighted by Crippen LogP contribution is 2.36. The Kier molecular flexibility index (Phi) is 4.99. The van der Waals surface area contributed by atoms with E-state index in [4.69, 9.17) is 14.2 Å². The van der Waals surface area contributed by atoms with Crippen LogP contribution in [0, 0.1) is 6.92 Å². The van der Waals surface area contributed by atoms with Gasteiger partial charge in [0.1, 0.15) is 18.5 Å². The van der Waals surface area contributed by atoms with Gasteiger partial charge < -0.3 is 19.5 Å². The predicted molar refractivity (Wildman–Crippen MR) is 107 cm³/mol. The molecule has 8 nitrogen and oxygen atoms in total. The number of benzene rings is 2. The fraction of sp³-hybridized carbons (Fsp3) is 0.350. The first-order valence-electron chi connectivity index (χ1n) is 9.22. The number of fused-ring (bicyclic) bond motifs is 2. The highest BCUT2D eigenvalue weighted by molar-refractivity contribution is 7.92. The first-order valence-corrected chi connectivity index (χ1v) is 11.1. The zero-order valence-corrected chi connectivity index (χ0v) is 16.9. The number of hydrogen-bond donors (Lipinski definition) is 1. The van der Waals surface area contributed by atoms with Crippen molar-refractivity contribution in [2.75, 3.05) is 30.3 Å². The average Bonchev–Trinajstić information content (AvgIpc) is 2.70. The summed E-state index contributed by atoms with van der Waals surface area (Å²) in [4.78, 5) is 12.7. The summed E-state index contributed by atoms with van der Waals surface area (Å²) < 4.78 is 42.9. The van der Waals surface area contributed by atoms with Crippen molar-refractivity contribution in [3.63, 3.8) is 0 Å². The molecule has 0 bridgehead atoms. The second kappa shape index (κ2) is 7.47. The number of nitrogens with one attached hydrogen (secondary N) is 1. The van der Waals surface area contributed by atoms with E-state index in [9.17, 15) is 13.2 Å². The van der Waals surface area contributed by atoms with Crippen molar-refractivity contribution in [3.8, 4) is 17.2 Å². The molecule has 2 aromatic carbocycles. The lowest BCUT2D eigenvalue weighted by molar-refractivity contribution is -0.128. The van der Waals surface area contributed by atoms with Crippen LogP contribution in [0.15, 0.2) is 42.5 Å². The number of hydrogen-bond acceptors (Lipinski definition) is 6. The zero-order valence-electron chi connectivity index (χ0n) is 16.1. The number of ether oxygens (including phenoxy) is 3. The maximum absolute atomic E-state index is 12.7. The maximum atomic E-state index is 12.7. The van der Waals surface area contributed by atoms with E-state index < -0.39 is 22.0 Å². The summed E-state index contributed by atoms with van der Waals surface area (Å²) in [6.45, 7) is 2.30. The lowest BCUT2D eigenvalue weighted by Crippen LogP contribution is -2.52. The second-order valence-corrected chi connectivity index (χ2v) is 9.02. The molecule has 29 heavy (non-hydrogen) atoms. The van der Waals surface area contributed by atoms with E-state index in [2.05, 4.69) is 5.32 Å². The second-order valence-electron chi connectivity index (χ2n) is 7.11. The van der Waals surface area contributed by atoms with E-state index in [1.807, 2.05) is 25.1 Å². The smallest absolute Gasteiger partial charge is 0.263 e. The van der Waals surface area contributed by atoms with Crippen LogP contribution in [0.3, 0.4) is 0 Å². The minimum Gasteiger partial charge on any atom is -0.486 e. The summed E-state index contributed by atoms with van der Waals surface area (Å²) in [6.07, 6.45) is -0.199. The maximum Gasteiger partial charge on any atom is 0.263 e. The van der Waals surface area contributed by atoms with Crippen LogP contribution in [0.25, 0.3) is 0 Å². The Morgan fingerprint density at radius 1 is 1.14 bits per heavy atom. The number of rotatable bonds is 4. The van der Waals surface area contributed by atoms with Gasteiger partial charge in [-0.25, -0.2) is 8.42 Å². The van der Waals surface area contributed by atoms with Crippen molar-refractivity contribution in [3.05, 3.63) is 48.0 Å². The molecule has 2 aliphatic rings. The van der Waals surface area contributed by atoms with Gasteiger partial charge in [-0.15, -0.1) is 0 Å². The molecular formula is C20H22N2O6S. The Bertz CT molecular complexity index is 1040. The number of nitrogens with zero attached hydrogens (tertiary/aromatic N) is 1. The van der Waals surface area contributed by atoms with Crippen LogP contribution >= 0.6 is 0 Å². The van der Waals surface area contributed by atoms with Crippen molar-refractivity contribution >= 4 is 21.6 Å². The minimum absolute atomic E-state index is 0.0917. The summed E-state index contributed by atoms with van der Waals surface area (Å²) in [6, 6.07) is 12.5. The van der Waals surface area contributed by atoms with Crippen molar-refractivity contribution < 1.29 is 27.4 Å². The molecule has 2 heterocycles. The lowest BCUT2D eigenvalue weighted by Gasteiger charge is -2.34. The van der Waals surface area contributed by atoms with E-state index in [0.29, 0.717) is 29.5 Å². The van der Waals surface area contributed by atoms with E-state index >= 15 is 0 Å². The largest absolute Gasteiger partial charge is 0.486 e. The minimum atomic E-state index is -3.56. The standard InChI is InChI=1S/C20H22N2O6S/c1-13-7-8-15-18(9-13)28-19(11-22(15)29(2,24)25)20(23)21-10-14-12-26-16-5-3-4-6-17(16)27-14/h3-9,14,19H,10-12H2,1-2H3,(H,21,23)/t14-,19+/m1/s1. The third-order valence-electron chi connectivity index (χ3n) is 4.75. The molecule has 0 unspecified atom stereocenters. The normalized spacial score (nSPS) is 20.4. The fourth-order valence-corrected chi connectivity index (χ4v) is 4.22. The van der Waals surface area contributed by atoms with Gasteiger partial charge in [-0.1, -0.05) is 18.2 Å². The summed E-state index contributed by atoms with van der Waals surface area (Å²) >= 11 is 0. The third kappa shape index (κ3) is 4.09. The molecule has 4 rings (SSSR count). The number of anilines is 1. The van der Waals surface area contributed by atoms with Gasteiger partial charge in [0.25, 0.3) is 5.91 Å². The topological polar surface area (TPSA) is 94.2 Å². The van der Waals surface area contributed by atoms with E-state index in [1.54, 1.807) is 24.3 Å². The Labute approximate surface area is 169 Å². The van der Waals surface area contributed by atoms with Crippen LogP contribution in [0.5, 0.6) is 17.2 Å². The quantitative estimate of drug-likeness (QED) is 0.808. The van der Waals surface area contributed by atoms with Gasteiger partial charge in [-0.2, -0.15) is 0 Å². The molecule has 0 radical (unpaired) electrons. The van der Waals surface area contributed by atoms with E-state index in [0.717, 1.165) is 11.8 Å². The first kappa shape index (κ1) is 19.4. The van der Waals surface area contributed by atoms with Gasteiger partial charge in [0, 0.05) is 0 Å². The molecule has 0 saturated heterocycles. The van der Waals surface area contributed by atoms with Crippen molar-refractivity contribution in [2.24, 2.45) is 0 Å². The molecule has 0 fully saturated rings. The molecule has 9 heteroatoms. The Hall–Kier alpha value is -2.94. The molecule has 0 saturated carbocycles. The van der Waals surface area contributed by atoms with Crippen LogP contribution in [0.2, 0.25) is 0 Å². The molecule has 0 spiro atoms. The van der Waals surface area contributed by atoms with Gasteiger partial charge in [-0.3, -0.25) is 9.10 Å². The van der Waals surface area contributed by atoms with Crippen LogP contribution in [0.1, 0.15) is 5.56 Å². The average molecular weight is 418 g/mol. The molecule has 2 aromatic rings. The zero-order chi connectivity index (χ0) is 20.6. The molecule has 1 N–H and O–H groups in total. The Balaban J connectivity index is 1.44.